The summed E-state index contributed by atoms with van der Waals surface area (Å²) in [6.45, 7) is 2.56. The molecule has 0 radical (unpaired) electrons. The number of hydrogen-bond acceptors (Lipinski definition) is 6. The minimum absolute atomic E-state index is 0.107. The summed E-state index contributed by atoms with van der Waals surface area (Å²) >= 11 is 0. The van der Waals surface area contributed by atoms with Crippen molar-refractivity contribution in [2.75, 3.05) is 19.3 Å². The fraction of sp³-hybridized carbons (Fsp3) is 0.476. The number of carbonyl (C=O) groups excluding carboxylic acids is 2. The van der Waals surface area contributed by atoms with Crippen LogP contribution < -0.4 is 0 Å². The standard InChI is InChI=1S/C21H27N2O6P/c1-16(13-22-15-24)18-7-8-20-19(12-18)11-17(14-23-20)5-4-6-21(25)29-9-2-3-10-30(26,27)28/h7-8,11-12,14,16H,2-6,9-10,13H2,1H3,(H2,26,27,28). The van der Waals surface area contributed by atoms with Crippen LogP contribution in [0.15, 0.2) is 35.5 Å². The number of ether oxygens (including phenoxy) is 1. The molecule has 8 nitrogen and oxygen atoms in total. The van der Waals surface area contributed by atoms with Crippen molar-refractivity contribution in [1.29, 1.82) is 0 Å². The molecular formula is C21H27N2O6P. The third-order valence-electron chi connectivity index (χ3n) is 4.71. The van der Waals surface area contributed by atoms with E-state index in [1.54, 1.807) is 12.3 Å². The zero-order valence-corrected chi connectivity index (χ0v) is 17.9. The van der Waals surface area contributed by atoms with Gasteiger partial charge in [-0.1, -0.05) is 13.0 Å². The van der Waals surface area contributed by atoms with Gasteiger partial charge in [0.2, 0.25) is 6.08 Å². The molecule has 0 saturated heterocycles. The minimum atomic E-state index is -3.98. The van der Waals surface area contributed by atoms with Crippen molar-refractivity contribution in [3.63, 3.8) is 0 Å². The van der Waals surface area contributed by atoms with Gasteiger partial charge in [-0.3, -0.25) is 14.3 Å². The van der Waals surface area contributed by atoms with E-state index in [1.165, 1.54) is 0 Å². The number of unbranched alkanes of at least 4 members (excludes halogenated alkanes) is 1. The molecule has 1 atom stereocenters. The Morgan fingerprint density at radius 2 is 2.07 bits per heavy atom. The quantitative estimate of drug-likeness (QED) is 0.172. The van der Waals surface area contributed by atoms with Crippen LogP contribution in [0.3, 0.4) is 0 Å². The normalized spacial score (nSPS) is 12.4. The molecule has 0 fully saturated rings. The number of benzene rings is 1. The molecule has 0 spiro atoms. The van der Waals surface area contributed by atoms with E-state index in [0.717, 1.165) is 22.0 Å². The van der Waals surface area contributed by atoms with Crippen LogP contribution in [0, 0.1) is 0 Å². The molecule has 1 aromatic carbocycles. The first-order valence-corrected chi connectivity index (χ1v) is 11.7. The molecule has 1 heterocycles. The van der Waals surface area contributed by atoms with E-state index < -0.39 is 7.60 Å². The number of pyridine rings is 1. The molecule has 0 aliphatic carbocycles. The third-order valence-corrected chi connectivity index (χ3v) is 5.61. The summed E-state index contributed by atoms with van der Waals surface area (Å²) < 4.78 is 15.8. The molecule has 2 aromatic rings. The van der Waals surface area contributed by atoms with Gasteiger partial charge >= 0.3 is 13.6 Å². The van der Waals surface area contributed by atoms with Crippen LogP contribution in [-0.4, -0.2) is 46.1 Å². The molecule has 9 heteroatoms. The number of carbonyl (C=O) groups is 1. The Balaban J connectivity index is 1.80. The number of nitrogens with zero attached hydrogens (tertiary/aromatic N) is 2. The van der Waals surface area contributed by atoms with Gasteiger partial charge in [0.15, 0.2) is 0 Å². The summed E-state index contributed by atoms with van der Waals surface area (Å²) in [6.07, 6.45) is 5.52. The fourth-order valence-electron chi connectivity index (χ4n) is 3.03. The van der Waals surface area contributed by atoms with Crippen molar-refractivity contribution in [1.82, 2.24) is 4.98 Å². The van der Waals surface area contributed by atoms with Gasteiger partial charge < -0.3 is 14.5 Å². The van der Waals surface area contributed by atoms with Gasteiger partial charge in [0.05, 0.1) is 18.7 Å². The SMILES string of the molecule is CC(CN=C=O)c1ccc2ncc(CCCC(=O)OCCCCP(=O)(O)O)cc2c1. The van der Waals surface area contributed by atoms with Crippen LogP contribution in [0.1, 0.15) is 49.7 Å². The zero-order valence-electron chi connectivity index (χ0n) is 17.0. The molecule has 0 aliphatic rings. The molecule has 1 unspecified atom stereocenters. The van der Waals surface area contributed by atoms with Gasteiger partial charge in [-0.25, -0.2) is 9.79 Å². The van der Waals surface area contributed by atoms with E-state index in [9.17, 15) is 14.2 Å². The van der Waals surface area contributed by atoms with Gasteiger partial charge in [-0.2, -0.15) is 0 Å². The first-order chi connectivity index (χ1) is 14.3. The number of aromatic nitrogens is 1. The van der Waals surface area contributed by atoms with Crippen molar-refractivity contribution in [3.8, 4) is 0 Å². The molecule has 1 aromatic heterocycles. The Labute approximate surface area is 175 Å². The number of fused-ring (bicyclic) bond motifs is 1. The second kappa shape index (κ2) is 11.7. The highest BCUT2D eigenvalue weighted by atomic mass is 31.2. The Morgan fingerprint density at radius 3 is 2.80 bits per heavy atom. The second-order valence-electron chi connectivity index (χ2n) is 7.30. The number of rotatable bonds is 12. The lowest BCUT2D eigenvalue weighted by Gasteiger charge is -2.10. The van der Waals surface area contributed by atoms with Gasteiger partial charge in [0.1, 0.15) is 0 Å². The van der Waals surface area contributed by atoms with Crippen molar-refractivity contribution in [2.45, 2.75) is 44.9 Å². The molecule has 0 saturated carbocycles. The summed E-state index contributed by atoms with van der Waals surface area (Å²) in [5.41, 5.74) is 2.97. The van der Waals surface area contributed by atoms with Gasteiger partial charge in [-0.05, 0) is 55.0 Å². The molecular weight excluding hydrogens is 407 g/mol. The molecule has 0 amide bonds. The van der Waals surface area contributed by atoms with Crippen LogP contribution in [0.25, 0.3) is 10.9 Å². The highest BCUT2D eigenvalue weighted by Gasteiger charge is 2.12. The summed E-state index contributed by atoms with van der Waals surface area (Å²) in [5.74, 6) is -0.206. The van der Waals surface area contributed by atoms with Crippen molar-refractivity contribution in [2.24, 2.45) is 4.99 Å². The second-order valence-corrected chi connectivity index (χ2v) is 9.07. The minimum Gasteiger partial charge on any atom is -0.466 e. The maximum absolute atomic E-state index is 11.8. The lowest BCUT2D eigenvalue weighted by molar-refractivity contribution is -0.143. The lowest BCUT2D eigenvalue weighted by atomic mass is 9.98. The number of aliphatic imine (C=N–C) groups is 1. The lowest BCUT2D eigenvalue weighted by Crippen LogP contribution is -2.06. The van der Waals surface area contributed by atoms with Crippen molar-refractivity contribution >= 4 is 30.5 Å². The van der Waals surface area contributed by atoms with E-state index in [2.05, 4.69) is 16.0 Å². The van der Waals surface area contributed by atoms with E-state index in [0.29, 0.717) is 32.2 Å². The van der Waals surface area contributed by atoms with Crippen LogP contribution >= 0.6 is 7.60 Å². The average molecular weight is 434 g/mol. The molecule has 2 rings (SSSR count). The Kier molecular flexibility index (Phi) is 9.34. The Bertz CT molecular complexity index is 952. The number of esters is 1. The van der Waals surface area contributed by atoms with Crippen LogP contribution in [0.4, 0.5) is 0 Å². The Morgan fingerprint density at radius 1 is 1.27 bits per heavy atom. The van der Waals surface area contributed by atoms with E-state index in [1.807, 2.05) is 25.1 Å². The molecule has 162 valence electrons. The smallest absolute Gasteiger partial charge is 0.325 e. The average Bonchev–Trinajstić information content (AvgIpc) is 2.70. The third kappa shape index (κ3) is 8.56. The van der Waals surface area contributed by atoms with Crippen LogP contribution in [0.2, 0.25) is 0 Å². The predicted molar refractivity (Wildman–Crippen MR) is 113 cm³/mol. The molecule has 0 aliphatic heterocycles. The maximum Gasteiger partial charge on any atom is 0.325 e. The predicted octanol–water partition coefficient (Wildman–Crippen LogP) is 3.50. The van der Waals surface area contributed by atoms with E-state index >= 15 is 0 Å². The number of hydrogen-bond donors (Lipinski definition) is 2. The molecule has 2 N–H and O–H groups in total. The molecule has 0 bridgehead atoms. The van der Waals surface area contributed by atoms with E-state index in [4.69, 9.17) is 14.5 Å². The van der Waals surface area contributed by atoms with Crippen LogP contribution in [0.5, 0.6) is 0 Å². The highest BCUT2D eigenvalue weighted by Crippen LogP contribution is 2.35. The van der Waals surface area contributed by atoms with Crippen molar-refractivity contribution < 1.29 is 28.7 Å². The number of aryl methyl sites for hydroxylation is 1. The van der Waals surface area contributed by atoms with Gasteiger partial charge in [-0.15, -0.1) is 0 Å². The summed E-state index contributed by atoms with van der Waals surface area (Å²) in [7, 11) is -3.98. The van der Waals surface area contributed by atoms with Crippen LogP contribution in [-0.2, 0) is 25.3 Å². The summed E-state index contributed by atoms with van der Waals surface area (Å²) in [4.78, 5) is 47.7. The summed E-state index contributed by atoms with van der Waals surface area (Å²) in [5, 5.41) is 1.000. The monoisotopic (exact) mass is 434 g/mol. The van der Waals surface area contributed by atoms with E-state index in [-0.39, 0.29) is 31.1 Å². The largest absolute Gasteiger partial charge is 0.466 e. The number of isocyanates is 1. The first kappa shape index (κ1) is 23.9. The topological polar surface area (TPSA) is 126 Å². The highest BCUT2D eigenvalue weighted by molar-refractivity contribution is 7.51. The Hall–Kier alpha value is -2.37. The van der Waals surface area contributed by atoms with Gasteiger partial charge in [0, 0.05) is 30.1 Å². The first-order valence-electron chi connectivity index (χ1n) is 9.91. The maximum atomic E-state index is 11.8. The van der Waals surface area contributed by atoms with Gasteiger partial charge in [0.25, 0.3) is 0 Å². The molecule has 30 heavy (non-hydrogen) atoms. The zero-order chi connectivity index (χ0) is 22.0. The fourth-order valence-corrected chi connectivity index (χ4v) is 3.67. The van der Waals surface area contributed by atoms with Crippen molar-refractivity contribution in [3.05, 3.63) is 41.6 Å². The summed E-state index contributed by atoms with van der Waals surface area (Å²) in [6, 6.07) is 8.02.